The average molecular weight is 542 g/mol. The number of para-hydroxylation sites is 2. The zero-order valence-corrected chi connectivity index (χ0v) is 22.9. The molecule has 2 aliphatic rings. The van der Waals surface area contributed by atoms with Gasteiger partial charge < -0.3 is 15.0 Å². The molecule has 0 aliphatic carbocycles. The number of hydrogen-bond donors (Lipinski definition) is 1. The van der Waals surface area contributed by atoms with Crippen LogP contribution in [0.5, 0.6) is 5.75 Å². The summed E-state index contributed by atoms with van der Waals surface area (Å²) < 4.78 is 20.3. The molecule has 2 amide bonds. The molecule has 5 rings (SSSR count). The van der Waals surface area contributed by atoms with Gasteiger partial charge >= 0.3 is 0 Å². The number of amides is 2. The molecule has 0 bridgehead atoms. The Labute approximate surface area is 235 Å². The molecule has 0 saturated carbocycles. The highest BCUT2D eigenvalue weighted by atomic mass is 19.1. The van der Waals surface area contributed by atoms with Crippen LogP contribution in [0.3, 0.4) is 0 Å². The smallest absolute Gasteiger partial charge is 0.294 e. The lowest BCUT2D eigenvalue weighted by molar-refractivity contribution is -0.117. The van der Waals surface area contributed by atoms with Crippen LogP contribution in [0.1, 0.15) is 60.5 Å². The zero-order chi connectivity index (χ0) is 27.9. The summed E-state index contributed by atoms with van der Waals surface area (Å²) >= 11 is 0. The van der Waals surface area contributed by atoms with Crippen LogP contribution >= 0.6 is 0 Å². The van der Waals surface area contributed by atoms with Crippen molar-refractivity contribution >= 4 is 23.6 Å². The van der Waals surface area contributed by atoms with Crippen LogP contribution < -0.4 is 15.0 Å². The Balaban J connectivity index is 1.22. The van der Waals surface area contributed by atoms with E-state index in [1.165, 1.54) is 36.6 Å². The van der Waals surface area contributed by atoms with Gasteiger partial charge in [0.25, 0.3) is 11.8 Å². The summed E-state index contributed by atoms with van der Waals surface area (Å²) in [5.41, 5.74) is 2.30. The van der Waals surface area contributed by atoms with Gasteiger partial charge in [0.1, 0.15) is 5.82 Å². The van der Waals surface area contributed by atoms with E-state index >= 15 is 0 Å². The predicted molar refractivity (Wildman–Crippen MR) is 156 cm³/mol. The molecular formula is C33H36FN3O3. The Morgan fingerprint density at radius 2 is 1.82 bits per heavy atom. The van der Waals surface area contributed by atoms with Gasteiger partial charge in [-0.2, -0.15) is 0 Å². The first-order valence-corrected chi connectivity index (χ1v) is 14.2. The fourth-order valence-electron chi connectivity index (χ4n) is 5.50. The molecule has 0 aromatic heterocycles. The van der Waals surface area contributed by atoms with Crippen LogP contribution in [0.2, 0.25) is 0 Å². The van der Waals surface area contributed by atoms with Gasteiger partial charge in [-0.05, 0) is 74.2 Å². The maximum Gasteiger partial charge on any atom is 0.294 e. The topological polar surface area (TPSA) is 61.9 Å². The van der Waals surface area contributed by atoms with Crippen molar-refractivity contribution in [3.63, 3.8) is 0 Å². The molecule has 1 atom stereocenters. The van der Waals surface area contributed by atoms with Crippen LogP contribution in [0.15, 0.2) is 78.6 Å². The van der Waals surface area contributed by atoms with E-state index in [4.69, 9.17) is 4.74 Å². The molecule has 0 spiro atoms. The highest BCUT2D eigenvalue weighted by molar-refractivity contribution is 6.09. The standard InChI is InChI=1S/C33H36FN3O3/c1-2-27-11-7-8-20-36(27)21-9-19-35-32(38)25-17-15-24(16-18-25)22-31-33(39)37(23-26-10-3-4-12-28(26)34)29-13-5-6-14-30(29)40-31/h3-6,10,12-18,22,27H,2,7-9,11,19-21,23H2,1H3,(H,35,38)/b31-22-/t27-/m0/s1. The van der Waals surface area contributed by atoms with Crippen LogP contribution in [0.25, 0.3) is 6.08 Å². The number of piperidine rings is 1. The van der Waals surface area contributed by atoms with E-state index in [2.05, 4.69) is 17.1 Å². The largest absolute Gasteiger partial charge is 0.449 e. The van der Waals surface area contributed by atoms with Gasteiger partial charge in [0.15, 0.2) is 11.5 Å². The number of rotatable bonds is 9. The van der Waals surface area contributed by atoms with Crippen LogP contribution in [-0.2, 0) is 11.3 Å². The van der Waals surface area contributed by atoms with E-state index in [0.29, 0.717) is 35.2 Å². The third-order valence-electron chi connectivity index (χ3n) is 7.72. The van der Waals surface area contributed by atoms with Crippen LogP contribution in [-0.4, -0.2) is 42.4 Å². The lowest BCUT2D eigenvalue weighted by Crippen LogP contribution is -2.40. The second-order valence-corrected chi connectivity index (χ2v) is 10.4. The normalized spacial score (nSPS) is 18.4. The molecule has 40 heavy (non-hydrogen) atoms. The SMILES string of the molecule is CC[C@H]1CCCCN1CCCNC(=O)c1ccc(/C=C2\Oc3ccccc3N(Cc3ccccc3F)C2=O)cc1. The van der Waals surface area contributed by atoms with Crippen molar-refractivity contribution in [2.24, 2.45) is 0 Å². The summed E-state index contributed by atoms with van der Waals surface area (Å²) in [7, 11) is 0. The van der Waals surface area contributed by atoms with Gasteiger partial charge in [-0.25, -0.2) is 4.39 Å². The molecule has 0 radical (unpaired) electrons. The molecule has 1 N–H and O–H groups in total. The van der Waals surface area contributed by atoms with E-state index in [9.17, 15) is 14.0 Å². The lowest BCUT2D eigenvalue weighted by Gasteiger charge is -2.35. The maximum atomic E-state index is 14.4. The quantitative estimate of drug-likeness (QED) is 0.260. The summed E-state index contributed by atoms with van der Waals surface area (Å²) in [6, 6.07) is 21.4. The fourth-order valence-corrected chi connectivity index (χ4v) is 5.50. The molecule has 1 saturated heterocycles. The molecule has 2 aliphatic heterocycles. The van der Waals surface area contributed by atoms with Gasteiger partial charge in [0, 0.05) is 30.3 Å². The molecule has 208 valence electrons. The number of carbonyl (C=O) groups is 2. The Bertz CT molecular complexity index is 1370. The molecule has 1 fully saturated rings. The first-order chi connectivity index (χ1) is 19.5. The van der Waals surface area contributed by atoms with Crippen molar-refractivity contribution in [1.29, 1.82) is 0 Å². The molecule has 3 aromatic rings. The number of anilines is 1. The number of halogens is 1. The van der Waals surface area contributed by atoms with E-state index < -0.39 is 0 Å². The van der Waals surface area contributed by atoms with Crippen molar-refractivity contribution in [1.82, 2.24) is 10.2 Å². The third-order valence-corrected chi connectivity index (χ3v) is 7.72. The summed E-state index contributed by atoms with van der Waals surface area (Å²) in [5, 5.41) is 3.03. The number of nitrogens with zero attached hydrogens (tertiary/aromatic N) is 2. The summed E-state index contributed by atoms with van der Waals surface area (Å²) in [4.78, 5) is 30.2. The van der Waals surface area contributed by atoms with E-state index in [-0.39, 0.29) is 29.9 Å². The van der Waals surface area contributed by atoms with Crippen molar-refractivity contribution in [3.05, 3.63) is 101 Å². The Kier molecular flexibility index (Phi) is 8.91. The minimum atomic E-state index is -0.365. The van der Waals surface area contributed by atoms with Gasteiger partial charge in [-0.3, -0.25) is 14.5 Å². The minimum absolute atomic E-state index is 0.0825. The number of fused-ring (bicyclic) bond motifs is 1. The second kappa shape index (κ2) is 12.9. The number of ether oxygens (including phenoxy) is 1. The highest BCUT2D eigenvalue weighted by Crippen LogP contribution is 2.36. The monoisotopic (exact) mass is 541 g/mol. The summed E-state index contributed by atoms with van der Waals surface area (Å²) in [5.74, 6) is -0.177. The van der Waals surface area contributed by atoms with Crippen LogP contribution in [0, 0.1) is 5.82 Å². The molecule has 3 aromatic carbocycles. The van der Waals surface area contributed by atoms with Gasteiger partial charge in [-0.1, -0.05) is 55.8 Å². The van der Waals surface area contributed by atoms with Crippen molar-refractivity contribution in [3.8, 4) is 5.75 Å². The van der Waals surface area contributed by atoms with Gasteiger partial charge in [0.05, 0.1) is 12.2 Å². The predicted octanol–water partition coefficient (Wildman–Crippen LogP) is 6.18. The first-order valence-electron chi connectivity index (χ1n) is 14.2. The van der Waals surface area contributed by atoms with E-state index in [1.807, 2.05) is 12.1 Å². The lowest BCUT2D eigenvalue weighted by atomic mass is 10.00. The molecule has 0 unspecified atom stereocenters. The van der Waals surface area contributed by atoms with E-state index in [0.717, 1.165) is 25.1 Å². The third kappa shape index (κ3) is 6.42. The molecule has 6 nitrogen and oxygen atoms in total. The number of nitrogens with one attached hydrogen (secondary N) is 1. The van der Waals surface area contributed by atoms with Crippen molar-refractivity contribution < 1.29 is 18.7 Å². The molecule has 2 heterocycles. The first kappa shape index (κ1) is 27.6. The molecular weight excluding hydrogens is 505 g/mol. The average Bonchev–Trinajstić information content (AvgIpc) is 2.99. The number of benzene rings is 3. The summed E-state index contributed by atoms with van der Waals surface area (Å²) in [6.45, 7) is 5.14. The van der Waals surface area contributed by atoms with Crippen molar-refractivity contribution in [2.75, 3.05) is 24.5 Å². The number of carbonyl (C=O) groups excluding carboxylic acids is 2. The van der Waals surface area contributed by atoms with Crippen molar-refractivity contribution in [2.45, 2.75) is 51.6 Å². The number of hydrogen-bond acceptors (Lipinski definition) is 4. The zero-order valence-electron chi connectivity index (χ0n) is 22.9. The second-order valence-electron chi connectivity index (χ2n) is 10.4. The van der Waals surface area contributed by atoms with Crippen LogP contribution in [0.4, 0.5) is 10.1 Å². The Hall–Kier alpha value is -3.97. The summed E-state index contributed by atoms with van der Waals surface area (Å²) in [6.07, 6.45) is 7.61. The van der Waals surface area contributed by atoms with E-state index in [1.54, 1.807) is 60.7 Å². The van der Waals surface area contributed by atoms with Gasteiger partial charge in [-0.15, -0.1) is 0 Å². The Morgan fingerprint density at radius 1 is 1.05 bits per heavy atom. The molecule has 7 heteroatoms. The highest BCUT2D eigenvalue weighted by Gasteiger charge is 2.30. The fraction of sp³-hybridized carbons (Fsp3) is 0.333. The number of likely N-dealkylation sites (tertiary alicyclic amines) is 1. The minimum Gasteiger partial charge on any atom is -0.449 e. The van der Waals surface area contributed by atoms with Gasteiger partial charge in [0.2, 0.25) is 0 Å². The maximum absolute atomic E-state index is 14.4. The Morgan fingerprint density at radius 3 is 2.62 bits per heavy atom.